The molecular formula is C34H39F3N2O7S. The van der Waals surface area contributed by atoms with Gasteiger partial charge in [0.05, 0.1) is 54.2 Å². The number of nitrogens with one attached hydrogen (secondary N) is 1. The van der Waals surface area contributed by atoms with Gasteiger partial charge in [-0.3, -0.25) is 4.79 Å². The number of aliphatic hydroxyl groups excluding tert-OH is 1. The molecule has 2 heterocycles. The summed E-state index contributed by atoms with van der Waals surface area (Å²) in [6, 6.07) is 16.9. The second-order valence-corrected chi connectivity index (χ2v) is 14.0. The van der Waals surface area contributed by atoms with Crippen LogP contribution in [0.4, 0.5) is 18.9 Å². The number of aliphatic hydroxyl groups is 1. The van der Waals surface area contributed by atoms with Crippen LogP contribution in [-0.4, -0.2) is 76.4 Å². The Morgan fingerprint density at radius 3 is 2.26 bits per heavy atom. The van der Waals surface area contributed by atoms with Crippen molar-refractivity contribution in [2.75, 3.05) is 43.6 Å². The maximum absolute atomic E-state index is 13.1. The van der Waals surface area contributed by atoms with E-state index in [9.17, 15) is 31.5 Å². The number of carbonyl (C=O) groups excluding carboxylic acids is 1. The van der Waals surface area contributed by atoms with Crippen LogP contribution in [0, 0.1) is 0 Å². The normalized spacial score (nSPS) is 19.8. The van der Waals surface area contributed by atoms with Crippen molar-refractivity contribution in [2.45, 2.75) is 61.5 Å². The van der Waals surface area contributed by atoms with E-state index in [0.717, 1.165) is 30.7 Å². The summed E-state index contributed by atoms with van der Waals surface area (Å²) in [6.45, 7) is 3.36. The molecule has 3 aromatic rings. The molecule has 0 unspecified atom stereocenters. The Balaban J connectivity index is 1.26. The van der Waals surface area contributed by atoms with Crippen LogP contribution in [-0.2, 0) is 25.5 Å². The zero-order valence-electron chi connectivity index (χ0n) is 26.0. The van der Waals surface area contributed by atoms with E-state index in [2.05, 4.69) is 10.2 Å². The molecule has 254 valence electrons. The molecule has 0 saturated carbocycles. The van der Waals surface area contributed by atoms with Gasteiger partial charge in [-0.15, -0.1) is 0 Å². The second kappa shape index (κ2) is 15.1. The molecule has 2 aliphatic heterocycles. The molecule has 3 aromatic carbocycles. The Hall–Kier alpha value is -3.65. The molecule has 0 bridgehead atoms. The molecule has 3 atom stereocenters. The predicted octanol–water partition coefficient (Wildman–Crippen LogP) is 5.18. The molecule has 2 aliphatic rings. The molecule has 5 rings (SSSR count). The van der Waals surface area contributed by atoms with Crippen molar-refractivity contribution in [3.05, 3.63) is 89.5 Å². The van der Waals surface area contributed by atoms with Gasteiger partial charge >= 0.3 is 6.18 Å². The first kappa shape index (κ1) is 34.7. The molecule has 9 nitrogen and oxygen atoms in total. The number of nitrogens with zero attached hydrogens (tertiary/aromatic N) is 1. The first-order valence-electron chi connectivity index (χ1n) is 15.6. The maximum Gasteiger partial charge on any atom is 0.416 e. The lowest BCUT2D eigenvalue weighted by Crippen LogP contribution is -2.36. The van der Waals surface area contributed by atoms with E-state index in [1.807, 2.05) is 12.1 Å². The van der Waals surface area contributed by atoms with E-state index < -0.39 is 33.5 Å². The van der Waals surface area contributed by atoms with E-state index >= 15 is 0 Å². The Bertz CT molecular complexity index is 1580. The molecule has 0 spiro atoms. The Morgan fingerprint density at radius 1 is 1.00 bits per heavy atom. The topological polar surface area (TPSA) is 114 Å². The first-order chi connectivity index (χ1) is 22.5. The van der Waals surface area contributed by atoms with E-state index in [1.165, 1.54) is 24.3 Å². The number of anilines is 1. The van der Waals surface area contributed by atoms with Crippen molar-refractivity contribution in [1.29, 1.82) is 0 Å². The van der Waals surface area contributed by atoms with Crippen molar-refractivity contribution >= 4 is 21.4 Å². The number of halogens is 3. The average molecular weight is 677 g/mol. The van der Waals surface area contributed by atoms with Crippen molar-refractivity contribution in [3.63, 3.8) is 0 Å². The SMILES string of the molecule is CCS(=O)(=O)c1ccc([C@H](CO)NC(=O)c2ccc(N3C[C@H](Oc4ccc(C(F)(F)F)cc4)C[C@H]3COC3CCOCC3)cc2)cc1. The summed E-state index contributed by atoms with van der Waals surface area (Å²) >= 11 is 0. The fourth-order valence-corrected chi connectivity index (χ4v) is 6.68. The third kappa shape index (κ3) is 8.83. The lowest BCUT2D eigenvalue weighted by molar-refractivity contribution is -0.137. The fraction of sp³-hybridized carbons (Fsp3) is 0.441. The third-order valence-corrected chi connectivity index (χ3v) is 10.3. The Kier molecular flexibility index (Phi) is 11.1. The van der Waals surface area contributed by atoms with Crippen LogP contribution in [0.3, 0.4) is 0 Å². The summed E-state index contributed by atoms with van der Waals surface area (Å²) in [5.41, 5.74) is 1.02. The van der Waals surface area contributed by atoms with Gasteiger partial charge in [-0.1, -0.05) is 19.1 Å². The predicted molar refractivity (Wildman–Crippen MR) is 169 cm³/mol. The number of hydrogen-bond donors (Lipinski definition) is 2. The molecule has 1 amide bonds. The highest BCUT2D eigenvalue weighted by Gasteiger charge is 2.35. The highest BCUT2D eigenvalue weighted by atomic mass is 32.2. The van der Waals surface area contributed by atoms with Gasteiger partial charge < -0.3 is 29.5 Å². The Morgan fingerprint density at radius 2 is 1.66 bits per heavy atom. The molecule has 2 fully saturated rings. The number of carbonyl (C=O) groups is 1. The molecule has 47 heavy (non-hydrogen) atoms. The molecule has 0 radical (unpaired) electrons. The lowest BCUT2D eigenvalue weighted by Gasteiger charge is -2.29. The number of ether oxygens (including phenoxy) is 3. The van der Waals surface area contributed by atoms with Crippen LogP contribution in [0.2, 0.25) is 0 Å². The van der Waals surface area contributed by atoms with E-state index in [-0.39, 0.29) is 35.5 Å². The summed E-state index contributed by atoms with van der Waals surface area (Å²) in [5.74, 6) is -0.0949. The third-order valence-electron chi connectivity index (χ3n) is 8.52. The molecule has 2 N–H and O–H groups in total. The van der Waals surface area contributed by atoms with Crippen molar-refractivity contribution in [1.82, 2.24) is 5.32 Å². The van der Waals surface area contributed by atoms with Gasteiger partial charge in [0.25, 0.3) is 5.91 Å². The van der Waals surface area contributed by atoms with Crippen molar-refractivity contribution in [3.8, 4) is 5.75 Å². The van der Waals surface area contributed by atoms with E-state index in [1.54, 1.807) is 31.2 Å². The fourth-order valence-electron chi connectivity index (χ4n) is 5.79. The highest BCUT2D eigenvalue weighted by Crippen LogP contribution is 2.33. The Labute approximate surface area is 272 Å². The van der Waals surface area contributed by atoms with Gasteiger partial charge in [0, 0.05) is 30.9 Å². The minimum atomic E-state index is -4.43. The first-order valence-corrected chi connectivity index (χ1v) is 17.3. The summed E-state index contributed by atoms with van der Waals surface area (Å²) in [4.78, 5) is 15.4. The number of alkyl halides is 3. The molecular weight excluding hydrogens is 637 g/mol. The summed E-state index contributed by atoms with van der Waals surface area (Å²) in [6.07, 6.45) is -2.45. The van der Waals surface area contributed by atoms with Crippen LogP contribution < -0.4 is 15.0 Å². The number of benzene rings is 3. The second-order valence-electron chi connectivity index (χ2n) is 11.7. The largest absolute Gasteiger partial charge is 0.489 e. The quantitative estimate of drug-likeness (QED) is 0.270. The minimum absolute atomic E-state index is 0.0313. The van der Waals surface area contributed by atoms with E-state index in [0.29, 0.717) is 49.7 Å². The number of sulfone groups is 1. The molecule has 13 heteroatoms. The number of rotatable bonds is 12. The summed E-state index contributed by atoms with van der Waals surface area (Å²) < 4.78 is 81.1. The standard InChI is InChI=1S/C34H39F3N2O7S/c1-2-47(42,43)31-13-5-23(6-14-31)32(21-40)38-33(41)24-3-9-26(10-4-24)39-20-30(19-27(39)22-45-28-15-17-44-18-16-28)46-29-11-7-25(8-12-29)34(35,36)37/h3-14,27-28,30,32,40H,2,15-22H2,1H3,(H,38,41)/t27-,30+,32-/m0/s1. The molecule has 2 saturated heterocycles. The minimum Gasteiger partial charge on any atom is -0.489 e. The van der Waals surface area contributed by atoms with Crippen LogP contribution in [0.1, 0.15) is 53.7 Å². The van der Waals surface area contributed by atoms with Crippen LogP contribution in [0.15, 0.2) is 77.7 Å². The zero-order valence-corrected chi connectivity index (χ0v) is 26.8. The summed E-state index contributed by atoms with van der Waals surface area (Å²) in [7, 11) is -3.38. The molecule has 0 aromatic heterocycles. The summed E-state index contributed by atoms with van der Waals surface area (Å²) in [5, 5.41) is 12.8. The van der Waals surface area contributed by atoms with Crippen LogP contribution >= 0.6 is 0 Å². The zero-order chi connectivity index (χ0) is 33.6. The van der Waals surface area contributed by atoms with Crippen LogP contribution in [0.5, 0.6) is 5.75 Å². The average Bonchev–Trinajstić information content (AvgIpc) is 3.48. The maximum atomic E-state index is 13.1. The van der Waals surface area contributed by atoms with Crippen LogP contribution in [0.25, 0.3) is 0 Å². The van der Waals surface area contributed by atoms with Gasteiger partial charge in [0.2, 0.25) is 0 Å². The lowest BCUT2D eigenvalue weighted by atomic mass is 10.1. The van der Waals surface area contributed by atoms with Crippen molar-refractivity contribution < 1.29 is 45.7 Å². The van der Waals surface area contributed by atoms with Gasteiger partial charge in [0.15, 0.2) is 9.84 Å². The number of hydrogen-bond acceptors (Lipinski definition) is 8. The highest BCUT2D eigenvalue weighted by molar-refractivity contribution is 7.91. The van der Waals surface area contributed by atoms with Crippen molar-refractivity contribution in [2.24, 2.45) is 0 Å². The van der Waals surface area contributed by atoms with Gasteiger partial charge in [0.1, 0.15) is 11.9 Å². The molecule has 0 aliphatic carbocycles. The van der Waals surface area contributed by atoms with Gasteiger partial charge in [-0.2, -0.15) is 13.2 Å². The van der Waals surface area contributed by atoms with E-state index in [4.69, 9.17) is 14.2 Å². The monoisotopic (exact) mass is 676 g/mol. The smallest absolute Gasteiger partial charge is 0.416 e. The number of amides is 1. The van der Waals surface area contributed by atoms with Gasteiger partial charge in [-0.05, 0) is 79.1 Å². The van der Waals surface area contributed by atoms with Gasteiger partial charge in [-0.25, -0.2) is 8.42 Å².